The van der Waals surface area contributed by atoms with Gasteiger partial charge in [0, 0.05) is 11.5 Å². The van der Waals surface area contributed by atoms with Crippen molar-refractivity contribution < 1.29 is 9.53 Å². The van der Waals surface area contributed by atoms with Crippen molar-refractivity contribution in [3.8, 4) is 0 Å². The van der Waals surface area contributed by atoms with E-state index in [9.17, 15) is 4.79 Å². The average molecular weight is 175 g/mol. The van der Waals surface area contributed by atoms with Crippen molar-refractivity contribution in [1.29, 1.82) is 0 Å². The molecule has 4 heteroatoms. The highest BCUT2D eigenvalue weighted by Crippen LogP contribution is 2.17. The lowest BCUT2D eigenvalue weighted by Gasteiger charge is -2.25. The number of ether oxygens (including phenoxy) is 1. The summed E-state index contributed by atoms with van der Waals surface area (Å²) in [5.41, 5.74) is 0. The van der Waals surface area contributed by atoms with E-state index in [2.05, 4.69) is 5.32 Å². The van der Waals surface area contributed by atoms with Gasteiger partial charge in [0.25, 0.3) is 0 Å². The second-order valence-corrected chi connectivity index (χ2v) is 3.91. The monoisotopic (exact) mass is 175 g/mol. The first-order chi connectivity index (χ1) is 5.18. The van der Waals surface area contributed by atoms with Crippen molar-refractivity contribution in [2.45, 2.75) is 26.0 Å². The molecule has 1 rings (SSSR count). The molecule has 1 N–H and O–H groups in total. The fourth-order valence-electron chi connectivity index (χ4n) is 0.734. The van der Waals surface area contributed by atoms with Gasteiger partial charge in [0.2, 0.25) is 0 Å². The molecular weight excluding hydrogens is 162 g/mol. The van der Waals surface area contributed by atoms with E-state index in [1.165, 1.54) is 0 Å². The first-order valence-electron chi connectivity index (χ1n) is 3.73. The summed E-state index contributed by atoms with van der Waals surface area (Å²) in [6.07, 6.45) is -0.312. The summed E-state index contributed by atoms with van der Waals surface area (Å²) >= 11 is 1.84. The zero-order chi connectivity index (χ0) is 8.27. The molecule has 1 aliphatic rings. The summed E-state index contributed by atoms with van der Waals surface area (Å²) in [5, 5.41) is 2.77. The van der Waals surface area contributed by atoms with Gasteiger partial charge < -0.3 is 10.1 Å². The van der Waals surface area contributed by atoms with Crippen LogP contribution in [0, 0.1) is 0 Å². The van der Waals surface area contributed by atoms with Crippen molar-refractivity contribution in [3.05, 3.63) is 0 Å². The molecule has 0 aromatic carbocycles. The Bertz CT molecular complexity index is 145. The topological polar surface area (TPSA) is 38.3 Å². The van der Waals surface area contributed by atoms with E-state index in [-0.39, 0.29) is 12.2 Å². The number of amides is 1. The smallest absolute Gasteiger partial charge is 0.407 e. The number of nitrogens with one attached hydrogen (secondary N) is 1. The molecule has 11 heavy (non-hydrogen) atoms. The van der Waals surface area contributed by atoms with E-state index in [1.807, 2.05) is 25.6 Å². The third-order valence-electron chi connectivity index (χ3n) is 1.30. The maximum Gasteiger partial charge on any atom is 0.407 e. The number of hydrogen-bond donors (Lipinski definition) is 1. The summed E-state index contributed by atoms with van der Waals surface area (Å²) in [4.78, 5) is 10.9. The summed E-state index contributed by atoms with van der Waals surface area (Å²) in [6.45, 7) is 3.68. The molecule has 64 valence electrons. The summed E-state index contributed by atoms with van der Waals surface area (Å²) in [5.74, 6) is 2.04. The first kappa shape index (κ1) is 8.71. The Morgan fingerprint density at radius 3 is 2.64 bits per heavy atom. The fraction of sp³-hybridized carbons (Fsp3) is 0.857. The molecule has 0 radical (unpaired) electrons. The van der Waals surface area contributed by atoms with Gasteiger partial charge in [-0.2, -0.15) is 11.8 Å². The molecule has 0 bridgehead atoms. The third kappa shape index (κ3) is 3.01. The highest BCUT2D eigenvalue weighted by molar-refractivity contribution is 8.00. The minimum absolute atomic E-state index is 0.0253. The van der Waals surface area contributed by atoms with E-state index < -0.39 is 0 Å². The molecule has 1 heterocycles. The molecule has 0 atom stereocenters. The van der Waals surface area contributed by atoms with Gasteiger partial charge in [0.05, 0.1) is 12.1 Å². The molecule has 0 aromatic rings. The first-order valence-corrected chi connectivity index (χ1v) is 4.89. The summed E-state index contributed by atoms with van der Waals surface area (Å²) < 4.78 is 4.90. The molecule has 1 amide bonds. The second kappa shape index (κ2) is 3.85. The number of hydrogen-bond acceptors (Lipinski definition) is 3. The lowest BCUT2D eigenvalue weighted by Crippen LogP contribution is -2.44. The number of thioether (sulfide) groups is 1. The Hall–Kier alpha value is -0.380. The molecule has 0 saturated carbocycles. The van der Waals surface area contributed by atoms with Gasteiger partial charge in [-0.05, 0) is 13.8 Å². The van der Waals surface area contributed by atoms with E-state index in [0.717, 1.165) is 11.5 Å². The molecule has 0 spiro atoms. The Labute approximate surface area is 70.9 Å². The van der Waals surface area contributed by atoms with E-state index in [1.54, 1.807) is 0 Å². The number of rotatable bonds is 2. The maximum atomic E-state index is 10.9. The molecule has 1 fully saturated rings. The minimum atomic E-state index is -0.287. The lowest BCUT2D eigenvalue weighted by atomic mass is 10.4. The van der Waals surface area contributed by atoms with Gasteiger partial charge in [-0.25, -0.2) is 4.79 Å². The molecule has 1 saturated heterocycles. The fourth-order valence-corrected chi connectivity index (χ4v) is 1.37. The van der Waals surface area contributed by atoms with Crippen molar-refractivity contribution in [1.82, 2.24) is 5.32 Å². The molecule has 0 aromatic heterocycles. The predicted molar refractivity (Wildman–Crippen MR) is 45.9 cm³/mol. The van der Waals surface area contributed by atoms with Crippen LogP contribution in [0.15, 0.2) is 0 Å². The van der Waals surface area contributed by atoms with Crippen LogP contribution in [0.2, 0.25) is 0 Å². The van der Waals surface area contributed by atoms with Gasteiger partial charge in [-0.15, -0.1) is 0 Å². The van der Waals surface area contributed by atoms with Crippen molar-refractivity contribution >= 4 is 17.9 Å². The molecule has 0 unspecified atom stereocenters. The lowest BCUT2D eigenvalue weighted by molar-refractivity contribution is 0.113. The van der Waals surface area contributed by atoms with Gasteiger partial charge in [0.1, 0.15) is 0 Å². The summed E-state index contributed by atoms with van der Waals surface area (Å²) in [6, 6.07) is 0.339. The highest BCUT2D eigenvalue weighted by atomic mass is 32.2. The quantitative estimate of drug-likeness (QED) is 0.686. The number of alkyl carbamates (subject to hydrolysis) is 1. The molecule has 0 aliphatic carbocycles. The van der Waals surface area contributed by atoms with Gasteiger partial charge in [-0.3, -0.25) is 0 Å². The molecule has 1 aliphatic heterocycles. The average Bonchev–Trinajstić information content (AvgIpc) is 1.77. The predicted octanol–water partition coefficient (Wildman–Crippen LogP) is 1.24. The van der Waals surface area contributed by atoms with Gasteiger partial charge in [-0.1, -0.05) is 0 Å². The SMILES string of the molecule is CC(C)OC(=O)NC1CSC1. The van der Waals surface area contributed by atoms with E-state index in [0.29, 0.717) is 6.04 Å². The Kier molecular flexibility index (Phi) is 3.05. The minimum Gasteiger partial charge on any atom is -0.447 e. The number of carbonyl (C=O) groups excluding carboxylic acids is 1. The summed E-state index contributed by atoms with van der Waals surface area (Å²) in [7, 11) is 0. The molecule has 3 nitrogen and oxygen atoms in total. The highest BCUT2D eigenvalue weighted by Gasteiger charge is 2.20. The zero-order valence-corrected chi connectivity index (χ0v) is 7.61. The van der Waals surface area contributed by atoms with Crippen LogP contribution in [0.5, 0.6) is 0 Å². The van der Waals surface area contributed by atoms with Crippen LogP contribution < -0.4 is 5.32 Å². The van der Waals surface area contributed by atoms with E-state index >= 15 is 0 Å². The Morgan fingerprint density at radius 2 is 2.27 bits per heavy atom. The Morgan fingerprint density at radius 1 is 1.64 bits per heavy atom. The molecular formula is C7H13NO2S. The van der Waals surface area contributed by atoms with Gasteiger partial charge in [0.15, 0.2) is 0 Å². The standard InChI is InChI=1S/C7H13NO2S/c1-5(2)10-7(9)8-6-3-11-4-6/h5-6H,3-4H2,1-2H3,(H,8,9). The van der Waals surface area contributed by atoms with E-state index in [4.69, 9.17) is 4.74 Å². The zero-order valence-electron chi connectivity index (χ0n) is 6.79. The van der Waals surface area contributed by atoms with Crippen LogP contribution >= 0.6 is 11.8 Å². The van der Waals surface area contributed by atoms with Crippen molar-refractivity contribution in [2.75, 3.05) is 11.5 Å². The van der Waals surface area contributed by atoms with Crippen LogP contribution in [0.3, 0.4) is 0 Å². The van der Waals surface area contributed by atoms with Crippen LogP contribution in [0.4, 0.5) is 4.79 Å². The van der Waals surface area contributed by atoms with Crippen LogP contribution in [0.25, 0.3) is 0 Å². The van der Waals surface area contributed by atoms with Crippen molar-refractivity contribution in [2.24, 2.45) is 0 Å². The van der Waals surface area contributed by atoms with Crippen LogP contribution in [-0.2, 0) is 4.74 Å². The van der Waals surface area contributed by atoms with Crippen molar-refractivity contribution in [3.63, 3.8) is 0 Å². The van der Waals surface area contributed by atoms with Gasteiger partial charge >= 0.3 is 6.09 Å². The Balaban J connectivity index is 2.09. The maximum absolute atomic E-state index is 10.9. The van der Waals surface area contributed by atoms with Crippen LogP contribution in [0.1, 0.15) is 13.8 Å². The second-order valence-electron chi connectivity index (χ2n) is 2.83. The third-order valence-corrected chi connectivity index (χ3v) is 2.58. The number of carbonyl (C=O) groups is 1. The normalized spacial score (nSPS) is 17.7. The van der Waals surface area contributed by atoms with Crippen LogP contribution in [-0.4, -0.2) is 29.7 Å². The largest absolute Gasteiger partial charge is 0.447 e.